The van der Waals surface area contributed by atoms with Gasteiger partial charge in [0.05, 0.1) is 18.8 Å². The van der Waals surface area contributed by atoms with Gasteiger partial charge in [-0.05, 0) is 25.5 Å². The van der Waals surface area contributed by atoms with E-state index in [0.717, 1.165) is 19.4 Å². The van der Waals surface area contributed by atoms with Crippen molar-refractivity contribution in [3.05, 3.63) is 18.5 Å². The van der Waals surface area contributed by atoms with Crippen LogP contribution in [0.5, 0.6) is 0 Å². The van der Waals surface area contributed by atoms with Gasteiger partial charge < -0.3 is 15.5 Å². The molecule has 1 aromatic rings. The lowest BCUT2D eigenvalue weighted by Crippen LogP contribution is -2.32. The Bertz CT molecular complexity index is 264. The van der Waals surface area contributed by atoms with Crippen LogP contribution in [0.1, 0.15) is 19.8 Å². The summed E-state index contributed by atoms with van der Waals surface area (Å²) in [6.45, 7) is 3.70. The highest BCUT2D eigenvalue weighted by molar-refractivity contribution is 4.78. The maximum atomic E-state index is 9.66. The number of aliphatic hydroxyl groups is 2. The van der Waals surface area contributed by atoms with Crippen LogP contribution in [0, 0.1) is 0 Å². The van der Waals surface area contributed by atoms with E-state index < -0.39 is 6.10 Å². The molecular formula is C11H21N3O2. The van der Waals surface area contributed by atoms with Gasteiger partial charge >= 0.3 is 0 Å². The van der Waals surface area contributed by atoms with Gasteiger partial charge in [-0.3, -0.25) is 4.68 Å². The lowest BCUT2D eigenvalue weighted by Gasteiger charge is -2.13. The Morgan fingerprint density at radius 3 is 2.81 bits per heavy atom. The molecule has 5 heteroatoms. The van der Waals surface area contributed by atoms with E-state index in [9.17, 15) is 10.2 Å². The molecular weight excluding hydrogens is 206 g/mol. The summed E-state index contributed by atoms with van der Waals surface area (Å²) in [6.07, 6.45) is 4.33. The highest BCUT2D eigenvalue weighted by Gasteiger charge is 2.05. The molecule has 0 aliphatic heterocycles. The van der Waals surface area contributed by atoms with Crippen LogP contribution in [0.3, 0.4) is 0 Å². The van der Waals surface area contributed by atoms with Gasteiger partial charge in [0.25, 0.3) is 0 Å². The fourth-order valence-electron chi connectivity index (χ4n) is 1.43. The number of rotatable bonds is 8. The SMILES string of the molecule is CCC(O)CCNCC(O)Cn1cccn1. The molecule has 1 aromatic heterocycles. The first-order valence-corrected chi connectivity index (χ1v) is 5.76. The van der Waals surface area contributed by atoms with Crippen molar-refractivity contribution in [2.24, 2.45) is 0 Å². The number of nitrogens with one attached hydrogen (secondary N) is 1. The second-order valence-corrected chi connectivity index (χ2v) is 3.94. The molecule has 2 unspecified atom stereocenters. The zero-order valence-corrected chi connectivity index (χ0v) is 9.71. The molecule has 0 bridgehead atoms. The van der Waals surface area contributed by atoms with Crippen molar-refractivity contribution in [1.82, 2.24) is 15.1 Å². The van der Waals surface area contributed by atoms with Crippen LogP contribution >= 0.6 is 0 Å². The number of hydrogen-bond donors (Lipinski definition) is 3. The second kappa shape index (κ2) is 7.38. The van der Waals surface area contributed by atoms with E-state index in [2.05, 4.69) is 10.4 Å². The van der Waals surface area contributed by atoms with Crippen LogP contribution < -0.4 is 5.32 Å². The maximum absolute atomic E-state index is 9.66. The molecule has 5 nitrogen and oxygen atoms in total. The Hall–Kier alpha value is -0.910. The molecule has 0 saturated heterocycles. The summed E-state index contributed by atoms with van der Waals surface area (Å²) in [5, 5.41) is 26.1. The molecule has 92 valence electrons. The molecule has 0 fully saturated rings. The average molecular weight is 227 g/mol. The van der Waals surface area contributed by atoms with Gasteiger partial charge in [-0.15, -0.1) is 0 Å². The molecule has 0 amide bonds. The Labute approximate surface area is 96.1 Å². The molecule has 16 heavy (non-hydrogen) atoms. The highest BCUT2D eigenvalue weighted by Crippen LogP contribution is 1.95. The highest BCUT2D eigenvalue weighted by atomic mass is 16.3. The van der Waals surface area contributed by atoms with E-state index in [1.807, 2.05) is 19.2 Å². The fourth-order valence-corrected chi connectivity index (χ4v) is 1.43. The minimum absolute atomic E-state index is 0.240. The summed E-state index contributed by atoms with van der Waals surface area (Å²) >= 11 is 0. The monoisotopic (exact) mass is 227 g/mol. The second-order valence-electron chi connectivity index (χ2n) is 3.94. The molecule has 0 aromatic carbocycles. The van der Waals surface area contributed by atoms with Crippen LogP contribution in [0.25, 0.3) is 0 Å². The molecule has 0 aliphatic rings. The predicted molar refractivity (Wildman–Crippen MR) is 62.0 cm³/mol. The molecule has 3 N–H and O–H groups in total. The normalized spacial score (nSPS) is 14.9. The Balaban J connectivity index is 2.04. The van der Waals surface area contributed by atoms with Gasteiger partial charge in [-0.1, -0.05) is 6.92 Å². The van der Waals surface area contributed by atoms with Gasteiger partial charge in [-0.25, -0.2) is 0 Å². The van der Waals surface area contributed by atoms with E-state index in [1.165, 1.54) is 0 Å². The van der Waals surface area contributed by atoms with E-state index in [0.29, 0.717) is 13.1 Å². The Morgan fingerprint density at radius 2 is 2.19 bits per heavy atom. The van der Waals surface area contributed by atoms with Gasteiger partial charge in [0.2, 0.25) is 0 Å². The molecule has 2 atom stereocenters. The van der Waals surface area contributed by atoms with Gasteiger partial charge in [0.1, 0.15) is 0 Å². The quantitative estimate of drug-likeness (QED) is 0.547. The first-order valence-electron chi connectivity index (χ1n) is 5.76. The van der Waals surface area contributed by atoms with Crippen LogP contribution in [-0.2, 0) is 6.54 Å². The number of aromatic nitrogens is 2. The third kappa shape index (κ3) is 5.25. The smallest absolute Gasteiger partial charge is 0.0860 e. The summed E-state index contributed by atoms with van der Waals surface area (Å²) < 4.78 is 1.70. The van der Waals surface area contributed by atoms with Crippen LogP contribution in [-0.4, -0.2) is 45.3 Å². The Morgan fingerprint density at radius 1 is 1.38 bits per heavy atom. The molecule has 0 radical (unpaired) electrons. The Kier molecular flexibility index (Phi) is 6.07. The van der Waals surface area contributed by atoms with Crippen molar-refractivity contribution >= 4 is 0 Å². The number of aliphatic hydroxyl groups excluding tert-OH is 2. The van der Waals surface area contributed by atoms with Crippen molar-refractivity contribution in [3.8, 4) is 0 Å². The topological polar surface area (TPSA) is 70.3 Å². The van der Waals surface area contributed by atoms with Crippen molar-refractivity contribution in [3.63, 3.8) is 0 Å². The molecule has 1 rings (SSSR count). The van der Waals surface area contributed by atoms with E-state index in [1.54, 1.807) is 10.9 Å². The van der Waals surface area contributed by atoms with E-state index in [-0.39, 0.29) is 6.10 Å². The third-order valence-corrected chi connectivity index (χ3v) is 2.46. The first kappa shape index (κ1) is 13.2. The third-order valence-electron chi connectivity index (χ3n) is 2.46. The number of hydrogen-bond acceptors (Lipinski definition) is 4. The summed E-state index contributed by atoms with van der Waals surface area (Å²) in [4.78, 5) is 0. The minimum atomic E-state index is -0.446. The van der Waals surface area contributed by atoms with Gasteiger partial charge in [-0.2, -0.15) is 5.10 Å². The standard InChI is InChI=1S/C11H21N3O2/c1-2-10(15)4-6-12-8-11(16)9-14-7-3-5-13-14/h3,5,7,10-12,15-16H,2,4,6,8-9H2,1H3. The lowest BCUT2D eigenvalue weighted by atomic mass is 10.2. The zero-order valence-electron chi connectivity index (χ0n) is 9.71. The minimum Gasteiger partial charge on any atom is -0.393 e. The van der Waals surface area contributed by atoms with Crippen LogP contribution in [0.4, 0.5) is 0 Å². The molecule has 0 aliphatic carbocycles. The lowest BCUT2D eigenvalue weighted by molar-refractivity contribution is 0.137. The van der Waals surface area contributed by atoms with Crippen molar-refractivity contribution < 1.29 is 10.2 Å². The molecule has 0 spiro atoms. The van der Waals surface area contributed by atoms with E-state index in [4.69, 9.17) is 0 Å². The maximum Gasteiger partial charge on any atom is 0.0860 e. The van der Waals surface area contributed by atoms with Gasteiger partial charge in [0.15, 0.2) is 0 Å². The summed E-state index contributed by atoms with van der Waals surface area (Å²) in [6, 6.07) is 1.83. The van der Waals surface area contributed by atoms with Crippen LogP contribution in [0.2, 0.25) is 0 Å². The first-order chi connectivity index (χ1) is 7.72. The van der Waals surface area contributed by atoms with E-state index >= 15 is 0 Å². The van der Waals surface area contributed by atoms with Crippen molar-refractivity contribution in [2.45, 2.75) is 38.5 Å². The largest absolute Gasteiger partial charge is 0.393 e. The number of nitrogens with zero attached hydrogens (tertiary/aromatic N) is 2. The fraction of sp³-hybridized carbons (Fsp3) is 0.727. The molecule has 0 saturated carbocycles. The van der Waals surface area contributed by atoms with Crippen molar-refractivity contribution in [2.75, 3.05) is 13.1 Å². The zero-order chi connectivity index (χ0) is 11.8. The van der Waals surface area contributed by atoms with Crippen LogP contribution in [0.15, 0.2) is 18.5 Å². The van der Waals surface area contributed by atoms with Crippen molar-refractivity contribution in [1.29, 1.82) is 0 Å². The summed E-state index contributed by atoms with van der Waals surface area (Å²) in [5.41, 5.74) is 0. The average Bonchev–Trinajstić information content (AvgIpc) is 2.76. The predicted octanol–water partition coefficient (Wildman–Crippen LogP) is -0.00540. The van der Waals surface area contributed by atoms with Gasteiger partial charge in [0, 0.05) is 18.9 Å². The summed E-state index contributed by atoms with van der Waals surface area (Å²) in [7, 11) is 0. The summed E-state index contributed by atoms with van der Waals surface area (Å²) in [5.74, 6) is 0. The molecule has 1 heterocycles.